The number of rotatable bonds is 4. The van der Waals surface area contributed by atoms with Crippen LogP contribution in [0.15, 0.2) is 30.5 Å². The summed E-state index contributed by atoms with van der Waals surface area (Å²) in [5, 5.41) is 20.3. The molecule has 0 aliphatic heterocycles. The molecule has 8 nitrogen and oxygen atoms in total. The lowest BCUT2D eigenvalue weighted by Crippen LogP contribution is -2.24. The number of halogens is 5. The van der Waals surface area contributed by atoms with Gasteiger partial charge in [-0.25, -0.2) is 0 Å². The molecule has 28 heavy (non-hydrogen) atoms. The van der Waals surface area contributed by atoms with Crippen molar-refractivity contribution in [3.05, 3.63) is 67.6 Å². The van der Waals surface area contributed by atoms with Gasteiger partial charge in [-0.2, -0.15) is 13.2 Å². The van der Waals surface area contributed by atoms with Gasteiger partial charge >= 0.3 is 6.18 Å². The SMILES string of the molecule is O=C(NCc1nnc2c(Cl)cc(C(F)(F)F)cn12)c1ccc(Cl)c([N+](=O)[O-])c1. The molecular formula is C15H8Cl2F3N5O3. The number of pyridine rings is 1. The molecule has 0 unspecified atom stereocenters. The van der Waals surface area contributed by atoms with E-state index in [9.17, 15) is 28.1 Å². The minimum atomic E-state index is -4.63. The number of carbonyl (C=O) groups excluding carboxylic acids is 1. The number of nitro benzene ring substituents is 1. The number of nitrogens with zero attached hydrogens (tertiary/aromatic N) is 4. The van der Waals surface area contributed by atoms with Crippen molar-refractivity contribution in [3.63, 3.8) is 0 Å². The van der Waals surface area contributed by atoms with E-state index in [1.807, 2.05) is 0 Å². The third-order valence-corrected chi connectivity index (χ3v) is 4.27. The third-order valence-electron chi connectivity index (χ3n) is 3.67. The van der Waals surface area contributed by atoms with Gasteiger partial charge in [0.1, 0.15) is 5.02 Å². The molecule has 2 heterocycles. The number of carbonyl (C=O) groups is 1. The van der Waals surface area contributed by atoms with Crippen molar-refractivity contribution < 1.29 is 22.9 Å². The van der Waals surface area contributed by atoms with Gasteiger partial charge in [0.05, 0.1) is 22.1 Å². The summed E-state index contributed by atoms with van der Waals surface area (Å²) in [6, 6.07) is 4.17. The van der Waals surface area contributed by atoms with Crippen molar-refractivity contribution in [2.75, 3.05) is 0 Å². The Morgan fingerprint density at radius 3 is 2.57 bits per heavy atom. The van der Waals surface area contributed by atoms with Gasteiger partial charge in [-0.15, -0.1) is 10.2 Å². The van der Waals surface area contributed by atoms with Crippen LogP contribution >= 0.6 is 23.2 Å². The summed E-state index contributed by atoms with van der Waals surface area (Å²) in [6.07, 6.45) is -3.87. The number of benzene rings is 1. The summed E-state index contributed by atoms with van der Waals surface area (Å²) < 4.78 is 39.9. The summed E-state index contributed by atoms with van der Waals surface area (Å²) in [5.74, 6) is -0.727. The largest absolute Gasteiger partial charge is 0.417 e. The van der Waals surface area contributed by atoms with Crippen LogP contribution in [-0.4, -0.2) is 25.4 Å². The maximum absolute atomic E-state index is 13.0. The summed E-state index contributed by atoms with van der Waals surface area (Å²) in [5.41, 5.74) is -1.53. The van der Waals surface area contributed by atoms with Crippen molar-refractivity contribution in [2.45, 2.75) is 12.7 Å². The van der Waals surface area contributed by atoms with Crippen LogP contribution in [0.25, 0.3) is 5.65 Å². The summed E-state index contributed by atoms with van der Waals surface area (Å²) >= 11 is 11.5. The molecule has 0 aliphatic carbocycles. The molecule has 146 valence electrons. The first-order valence-corrected chi connectivity index (χ1v) is 8.16. The van der Waals surface area contributed by atoms with Crippen LogP contribution in [0, 0.1) is 10.1 Å². The topological polar surface area (TPSA) is 102 Å². The molecule has 0 saturated heterocycles. The Labute approximate surface area is 164 Å². The van der Waals surface area contributed by atoms with Gasteiger partial charge in [0.2, 0.25) is 0 Å². The van der Waals surface area contributed by atoms with Crippen LogP contribution in [-0.2, 0) is 12.7 Å². The Morgan fingerprint density at radius 1 is 1.21 bits per heavy atom. The number of amides is 1. The number of aromatic nitrogens is 3. The van der Waals surface area contributed by atoms with Crippen LogP contribution in [0.3, 0.4) is 0 Å². The summed E-state index contributed by atoms with van der Waals surface area (Å²) in [7, 11) is 0. The smallest absolute Gasteiger partial charge is 0.345 e. The minimum Gasteiger partial charge on any atom is -0.345 e. The average Bonchev–Trinajstić information content (AvgIpc) is 3.02. The van der Waals surface area contributed by atoms with E-state index < -0.39 is 28.3 Å². The molecule has 0 bridgehead atoms. The van der Waals surface area contributed by atoms with E-state index in [4.69, 9.17) is 23.2 Å². The highest BCUT2D eigenvalue weighted by Gasteiger charge is 2.32. The lowest BCUT2D eigenvalue weighted by Gasteiger charge is -2.09. The molecule has 0 saturated carbocycles. The predicted molar refractivity (Wildman–Crippen MR) is 92.3 cm³/mol. The van der Waals surface area contributed by atoms with Crippen molar-refractivity contribution in [3.8, 4) is 0 Å². The number of hydrogen-bond acceptors (Lipinski definition) is 5. The predicted octanol–water partition coefficient (Wildman–Crippen LogP) is 3.89. The van der Waals surface area contributed by atoms with Gasteiger partial charge in [-0.3, -0.25) is 19.3 Å². The van der Waals surface area contributed by atoms with Gasteiger partial charge < -0.3 is 5.32 Å². The molecule has 0 radical (unpaired) electrons. The molecule has 0 aliphatic rings. The molecule has 2 aromatic heterocycles. The molecule has 1 amide bonds. The maximum Gasteiger partial charge on any atom is 0.417 e. The van der Waals surface area contributed by atoms with Crippen LogP contribution in [0.5, 0.6) is 0 Å². The Hall–Kier alpha value is -2.92. The Kier molecular flexibility index (Phi) is 5.13. The van der Waals surface area contributed by atoms with Crippen molar-refractivity contribution >= 4 is 40.4 Å². The number of hydrogen-bond donors (Lipinski definition) is 1. The molecule has 0 fully saturated rings. The average molecular weight is 434 g/mol. The Balaban J connectivity index is 1.86. The molecule has 1 aromatic carbocycles. The first-order valence-electron chi connectivity index (χ1n) is 7.40. The van der Waals surface area contributed by atoms with E-state index in [-0.39, 0.29) is 33.6 Å². The normalized spacial score (nSPS) is 11.6. The van der Waals surface area contributed by atoms with Gasteiger partial charge in [-0.1, -0.05) is 23.2 Å². The van der Waals surface area contributed by atoms with Crippen LogP contribution in [0.1, 0.15) is 21.7 Å². The number of alkyl halides is 3. The maximum atomic E-state index is 13.0. The second-order valence-electron chi connectivity index (χ2n) is 5.49. The van der Waals surface area contributed by atoms with E-state index in [2.05, 4.69) is 15.5 Å². The molecular weight excluding hydrogens is 426 g/mol. The van der Waals surface area contributed by atoms with Gasteiger partial charge in [-0.05, 0) is 18.2 Å². The fraction of sp³-hybridized carbons (Fsp3) is 0.133. The second-order valence-corrected chi connectivity index (χ2v) is 6.30. The van der Waals surface area contributed by atoms with Crippen molar-refractivity contribution in [1.82, 2.24) is 19.9 Å². The highest BCUT2D eigenvalue weighted by molar-refractivity contribution is 6.33. The monoisotopic (exact) mass is 433 g/mol. The van der Waals surface area contributed by atoms with Crippen LogP contribution in [0.2, 0.25) is 10.0 Å². The first-order chi connectivity index (χ1) is 13.1. The lowest BCUT2D eigenvalue weighted by atomic mass is 10.2. The Bertz CT molecular complexity index is 1100. The lowest BCUT2D eigenvalue weighted by molar-refractivity contribution is -0.384. The molecule has 3 rings (SSSR count). The number of nitro groups is 1. The van der Waals surface area contributed by atoms with E-state index >= 15 is 0 Å². The fourth-order valence-corrected chi connectivity index (χ4v) is 2.76. The number of nitrogens with one attached hydrogen (secondary N) is 1. The molecule has 0 spiro atoms. The van der Waals surface area contributed by atoms with Gasteiger partial charge in [0.25, 0.3) is 11.6 Å². The highest BCUT2D eigenvalue weighted by atomic mass is 35.5. The van der Waals surface area contributed by atoms with E-state index in [0.717, 1.165) is 22.7 Å². The fourth-order valence-electron chi connectivity index (χ4n) is 2.33. The summed E-state index contributed by atoms with van der Waals surface area (Å²) in [4.78, 5) is 22.4. The zero-order chi connectivity index (χ0) is 20.6. The zero-order valence-corrected chi connectivity index (χ0v) is 15.0. The quantitative estimate of drug-likeness (QED) is 0.496. The van der Waals surface area contributed by atoms with Crippen molar-refractivity contribution in [2.24, 2.45) is 0 Å². The minimum absolute atomic E-state index is 0.0129. The Morgan fingerprint density at radius 2 is 1.93 bits per heavy atom. The number of fused-ring (bicyclic) bond motifs is 1. The molecule has 13 heteroatoms. The van der Waals surface area contributed by atoms with Crippen LogP contribution < -0.4 is 5.32 Å². The second kappa shape index (κ2) is 7.24. The molecule has 0 atom stereocenters. The third kappa shape index (κ3) is 3.85. The molecule has 3 aromatic rings. The summed E-state index contributed by atoms with van der Waals surface area (Å²) in [6.45, 7) is -0.298. The van der Waals surface area contributed by atoms with Crippen LogP contribution in [0.4, 0.5) is 18.9 Å². The van der Waals surface area contributed by atoms with E-state index in [1.165, 1.54) is 12.1 Å². The standard InChI is InChI=1S/C15H8Cl2F3N5O3/c16-9-2-1-7(3-11(9)25(27)28)14(26)21-5-12-22-23-13-10(17)4-8(6-24(12)13)15(18,19)20/h1-4,6H,5H2,(H,21,26). The highest BCUT2D eigenvalue weighted by Crippen LogP contribution is 2.32. The van der Waals surface area contributed by atoms with E-state index in [0.29, 0.717) is 0 Å². The van der Waals surface area contributed by atoms with Gasteiger partial charge in [0.15, 0.2) is 11.5 Å². The molecule has 1 N–H and O–H groups in total. The zero-order valence-electron chi connectivity index (χ0n) is 13.5. The van der Waals surface area contributed by atoms with Crippen molar-refractivity contribution in [1.29, 1.82) is 0 Å². The van der Waals surface area contributed by atoms with Gasteiger partial charge in [0, 0.05) is 17.8 Å². The van der Waals surface area contributed by atoms with E-state index in [1.54, 1.807) is 0 Å². The first kappa shape index (κ1) is 19.8.